The van der Waals surface area contributed by atoms with Crippen LogP contribution in [0.15, 0.2) is 90.1 Å². The summed E-state index contributed by atoms with van der Waals surface area (Å²) in [5.74, 6) is 1.26. The summed E-state index contributed by atoms with van der Waals surface area (Å²) in [6.45, 7) is 4.42. The van der Waals surface area contributed by atoms with E-state index in [9.17, 15) is 9.59 Å². The molecule has 0 bridgehead atoms. The lowest BCUT2D eigenvalue weighted by Gasteiger charge is -2.35. The lowest BCUT2D eigenvalue weighted by Crippen LogP contribution is -2.38. The Kier molecular flexibility index (Phi) is 6.90. The molecule has 2 aliphatic rings. The Bertz CT molecular complexity index is 1280. The molecule has 1 heterocycles. The zero-order chi connectivity index (χ0) is 25.1. The third kappa shape index (κ3) is 5.20. The van der Waals surface area contributed by atoms with Crippen molar-refractivity contribution in [2.24, 2.45) is 0 Å². The van der Waals surface area contributed by atoms with Crippen molar-refractivity contribution in [2.45, 2.75) is 57.7 Å². The molecule has 5 rings (SSSR count). The summed E-state index contributed by atoms with van der Waals surface area (Å²) in [6, 6.07) is 25.7. The Hall–Kier alpha value is -3.86. The van der Waals surface area contributed by atoms with Crippen molar-refractivity contribution in [2.75, 3.05) is 0 Å². The number of nitrogens with one attached hydrogen (secondary N) is 1. The van der Waals surface area contributed by atoms with Crippen LogP contribution in [0.2, 0.25) is 0 Å². The van der Waals surface area contributed by atoms with Gasteiger partial charge in [-0.05, 0) is 55.5 Å². The van der Waals surface area contributed by atoms with Crippen LogP contribution < -0.4 is 14.8 Å². The van der Waals surface area contributed by atoms with Crippen molar-refractivity contribution in [1.82, 2.24) is 5.32 Å². The van der Waals surface area contributed by atoms with Crippen molar-refractivity contribution in [3.63, 3.8) is 0 Å². The van der Waals surface area contributed by atoms with Crippen molar-refractivity contribution >= 4 is 11.7 Å². The van der Waals surface area contributed by atoms with Crippen LogP contribution in [0.3, 0.4) is 0 Å². The summed E-state index contributed by atoms with van der Waals surface area (Å²) in [5.41, 5.74) is 4.50. The van der Waals surface area contributed by atoms with Gasteiger partial charge in [0.15, 0.2) is 5.78 Å². The highest BCUT2D eigenvalue weighted by atomic mass is 16.5. The highest BCUT2D eigenvalue weighted by Gasteiger charge is 2.39. The first kappa shape index (κ1) is 23.9. The normalized spacial score (nSPS) is 19.6. The number of ketones is 1. The van der Waals surface area contributed by atoms with Gasteiger partial charge in [0, 0.05) is 35.6 Å². The molecule has 0 radical (unpaired) electrons. The first-order valence-electron chi connectivity index (χ1n) is 12.6. The van der Waals surface area contributed by atoms with Gasteiger partial charge in [-0.15, -0.1) is 0 Å². The molecule has 0 aromatic heterocycles. The molecule has 0 saturated heterocycles. The van der Waals surface area contributed by atoms with Crippen LogP contribution in [0.25, 0.3) is 0 Å². The lowest BCUT2D eigenvalue weighted by atomic mass is 9.73. The van der Waals surface area contributed by atoms with E-state index < -0.39 is 0 Å². The van der Waals surface area contributed by atoms with Crippen molar-refractivity contribution in [1.29, 1.82) is 0 Å². The number of carbonyl (C=O) groups is 2. The predicted octanol–water partition coefficient (Wildman–Crippen LogP) is 6.06. The van der Waals surface area contributed by atoms with Crippen molar-refractivity contribution in [3.05, 3.63) is 107 Å². The molecule has 0 spiro atoms. The van der Waals surface area contributed by atoms with Gasteiger partial charge >= 0.3 is 0 Å². The molecule has 0 saturated carbocycles. The summed E-state index contributed by atoms with van der Waals surface area (Å²) in [4.78, 5) is 26.3. The fourth-order valence-corrected chi connectivity index (χ4v) is 5.19. The second-order valence-corrected chi connectivity index (χ2v) is 9.77. The molecule has 3 aromatic carbocycles. The summed E-state index contributed by atoms with van der Waals surface area (Å²) >= 11 is 0. The van der Waals surface area contributed by atoms with Gasteiger partial charge in [-0.3, -0.25) is 9.59 Å². The molecule has 1 N–H and O–H groups in total. The van der Waals surface area contributed by atoms with Gasteiger partial charge in [0.25, 0.3) is 0 Å². The van der Waals surface area contributed by atoms with Gasteiger partial charge in [-0.1, -0.05) is 60.7 Å². The van der Waals surface area contributed by atoms with Crippen LogP contribution in [0.5, 0.6) is 11.5 Å². The molecular weight excluding hydrogens is 450 g/mol. The summed E-state index contributed by atoms with van der Waals surface area (Å²) < 4.78 is 11.9. The number of ether oxygens (including phenoxy) is 2. The molecular formula is C31H31NO4. The topological polar surface area (TPSA) is 64.6 Å². The molecule has 1 amide bonds. The Morgan fingerprint density at radius 1 is 0.861 bits per heavy atom. The first-order chi connectivity index (χ1) is 17.5. The van der Waals surface area contributed by atoms with E-state index in [1.165, 1.54) is 0 Å². The van der Waals surface area contributed by atoms with Gasteiger partial charge in [0.05, 0.1) is 6.10 Å². The van der Waals surface area contributed by atoms with E-state index in [0.29, 0.717) is 25.2 Å². The van der Waals surface area contributed by atoms with Crippen LogP contribution in [0.1, 0.15) is 61.6 Å². The van der Waals surface area contributed by atoms with Crippen LogP contribution in [-0.4, -0.2) is 17.8 Å². The number of benzene rings is 3. The van der Waals surface area contributed by atoms with E-state index in [0.717, 1.165) is 33.7 Å². The zero-order valence-electron chi connectivity index (χ0n) is 20.7. The number of carbonyl (C=O) groups excluding carboxylic acids is 2. The van der Waals surface area contributed by atoms with Crippen molar-refractivity contribution in [3.8, 4) is 11.5 Å². The van der Waals surface area contributed by atoms with Crippen LogP contribution in [0, 0.1) is 0 Å². The van der Waals surface area contributed by atoms with Crippen LogP contribution in [0.4, 0.5) is 0 Å². The second-order valence-electron chi connectivity index (χ2n) is 9.77. The van der Waals surface area contributed by atoms with Gasteiger partial charge in [0.2, 0.25) is 5.91 Å². The number of amides is 1. The largest absolute Gasteiger partial charge is 0.491 e. The lowest BCUT2D eigenvalue weighted by molar-refractivity contribution is -0.122. The molecule has 184 valence electrons. The fraction of sp³-hybridized carbons (Fsp3) is 0.290. The Labute approximate surface area is 212 Å². The monoisotopic (exact) mass is 481 g/mol. The molecule has 3 aromatic rings. The molecule has 1 aliphatic carbocycles. The third-order valence-electron chi connectivity index (χ3n) is 6.79. The van der Waals surface area contributed by atoms with Crippen molar-refractivity contribution < 1.29 is 19.1 Å². The van der Waals surface area contributed by atoms with Gasteiger partial charge < -0.3 is 14.8 Å². The Balaban J connectivity index is 1.41. The molecule has 0 fully saturated rings. The maximum Gasteiger partial charge on any atom is 0.225 e. The highest BCUT2D eigenvalue weighted by molar-refractivity contribution is 6.02. The zero-order valence-corrected chi connectivity index (χ0v) is 20.7. The minimum atomic E-state index is -0.309. The maximum absolute atomic E-state index is 13.5. The summed E-state index contributed by atoms with van der Waals surface area (Å²) in [5, 5.41) is 3.02. The standard InChI is InChI=1S/C31H31NO4/c1-20(2)36-24-14-12-22(13-15-24)23-16-27-31(28(33)17-23)26(18-30(34)32-27)25-10-6-7-11-29(25)35-19-21-8-4-3-5-9-21/h3-15,20,23,26H,16-19H2,1-2H3,(H,32,34). The SMILES string of the molecule is CC(C)Oc1ccc(C2CC(=O)C3=C(C2)NC(=O)CC3c2ccccc2OCc2ccccc2)cc1. The van der Waals surface area contributed by atoms with Gasteiger partial charge in [-0.2, -0.15) is 0 Å². The average Bonchev–Trinajstić information content (AvgIpc) is 2.87. The molecule has 36 heavy (non-hydrogen) atoms. The molecule has 5 heteroatoms. The second kappa shape index (κ2) is 10.4. The number of allylic oxidation sites excluding steroid dienone is 2. The third-order valence-corrected chi connectivity index (χ3v) is 6.79. The van der Waals surface area contributed by atoms with Crippen LogP contribution >= 0.6 is 0 Å². The number of hydrogen-bond donors (Lipinski definition) is 1. The number of para-hydroxylation sites is 1. The smallest absolute Gasteiger partial charge is 0.225 e. The quantitative estimate of drug-likeness (QED) is 0.446. The number of Topliss-reactive ketones (excluding diaryl/α,β-unsaturated/α-hetero) is 1. The summed E-state index contributed by atoms with van der Waals surface area (Å²) in [7, 11) is 0. The van der Waals surface area contributed by atoms with E-state index in [1.807, 2.05) is 92.7 Å². The van der Waals surface area contributed by atoms with E-state index in [-0.39, 0.29) is 36.1 Å². The maximum atomic E-state index is 13.5. The minimum Gasteiger partial charge on any atom is -0.491 e. The van der Waals surface area contributed by atoms with E-state index in [1.54, 1.807) is 0 Å². The minimum absolute atomic E-state index is 0.0213. The number of hydrogen-bond acceptors (Lipinski definition) is 4. The molecule has 2 atom stereocenters. The van der Waals surface area contributed by atoms with E-state index >= 15 is 0 Å². The van der Waals surface area contributed by atoms with Crippen LogP contribution in [-0.2, 0) is 16.2 Å². The number of rotatable bonds is 7. The van der Waals surface area contributed by atoms with Gasteiger partial charge in [-0.25, -0.2) is 0 Å². The summed E-state index contributed by atoms with van der Waals surface area (Å²) in [6.07, 6.45) is 1.39. The Morgan fingerprint density at radius 2 is 1.58 bits per heavy atom. The first-order valence-corrected chi connectivity index (χ1v) is 12.6. The highest BCUT2D eigenvalue weighted by Crippen LogP contribution is 2.44. The molecule has 1 aliphatic heterocycles. The van der Waals surface area contributed by atoms with Gasteiger partial charge in [0.1, 0.15) is 18.1 Å². The molecule has 5 nitrogen and oxygen atoms in total. The fourth-order valence-electron chi connectivity index (χ4n) is 5.19. The predicted molar refractivity (Wildman–Crippen MR) is 139 cm³/mol. The molecule has 2 unspecified atom stereocenters. The van der Waals surface area contributed by atoms with E-state index in [2.05, 4.69) is 5.32 Å². The Morgan fingerprint density at radius 3 is 2.33 bits per heavy atom. The average molecular weight is 482 g/mol. The van der Waals surface area contributed by atoms with E-state index in [4.69, 9.17) is 9.47 Å².